The average Bonchev–Trinajstić information content (AvgIpc) is 3.23. The Balaban J connectivity index is 1.59. The van der Waals surface area contributed by atoms with Crippen LogP contribution in [0.4, 0.5) is 0 Å². The van der Waals surface area contributed by atoms with Gasteiger partial charge in [-0.25, -0.2) is 4.68 Å². The molecule has 0 saturated carbocycles. The lowest BCUT2D eigenvalue weighted by atomic mass is 10.2. The maximum Gasteiger partial charge on any atom is 0.272 e. The van der Waals surface area contributed by atoms with Gasteiger partial charge in [-0.05, 0) is 49.1 Å². The summed E-state index contributed by atoms with van der Waals surface area (Å²) in [5.74, 6) is -0.132. The largest absolute Gasteiger partial charge is 0.347 e. The molecule has 4 rings (SSSR count). The van der Waals surface area contributed by atoms with Crippen LogP contribution in [0.5, 0.6) is 0 Å². The van der Waals surface area contributed by atoms with E-state index in [1.807, 2.05) is 59.3 Å². The molecule has 1 heterocycles. The van der Waals surface area contributed by atoms with E-state index in [4.69, 9.17) is 11.6 Å². The molecule has 4 nitrogen and oxygen atoms in total. The Morgan fingerprint density at radius 3 is 2.76 bits per heavy atom. The van der Waals surface area contributed by atoms with E-state index in [1.54, 1.807) is 0 Å². The first kappa shape index (κ1) is 15.9. The van der Waals surface area contributed by atoms with Gasteiger partial charge in [-0.15, -0.1) is 0 Å². The number of halogens is 1. The number of amides is 1. The molecule has 0 spiro atoms. The van der Waals surface area contributed by atoms with E-state index < -0.39 is 0 Å². The van der Waals surface area contributed by atoms with Crippen molar-refractivity contribution in [3.8, 4) is 5.69 Å². The Labute approximate surface area is 151 Å². The number of hydrogen-bond acceptors (Lipinski definition) is 2. The predicted octanol–water partition coefficient (Wildman–Crippen LogP) is 3.94. The van der Waals surface area contributed by atoms with E-state index in [9.17, 15) is 4.79 Å². The fourth-order valence-corrected chi connectivity index (χ4v) is 3.53. The van der Waals surface area contributed by atoms with E-state index in [-0.39, 0.29) is 5.91 Å². The van der Waals surface area contributed by atoms with Crippen molar-refractivity contribution in [3.05, 3.63) is 82.1 Å². The summed E-state index contributed by atoms with van der Waals surface area (Å²) in [5, 5.41) is 8.24. The van der Waals surface area contributed by atoms with E-state index in [0.717, 1.165) is 41.8 Å². The molecule has 1 aromatic heterocycles. The zero-order chi connectivity index (χ0) is 17.2. The monoisotopic (exact) mass is 351 g/mol. The number of rotatable bonds is 4. The number of nitrogens with one attached hydrogen (secondary N) is 1. The van der Waals surface area contributed by atoms with Crippen molar-refractivity contribution in [2.45, 2.75) is 25.8 Å². The van der Waals surface area contributed by atoms with Gasteiger partial charge in [0.1, 0.15) is 0 Å². The summed E-state index contributed by atoms with van der Waals surface area (Å²) in [5.41, 5.74) is 4.74. The second-order valence-corrected chi connectivity index (χ2v) is 6.62. The van der Waals surface area contributed by atoms with Crippen molar-refractivity contribution in [3.63, 3.8) is 0 Å². The molecule has 3 aromatic rings. The van der Waals surface area contributed by atoms with Gasteiger partial charge in [-0.3, -0.25) is 4.79 Å². The number of nitrogens with zero attached hydrogens (tertiary/aromatic N) is 2. The minimum absolute atomic E-state index is 0.132. The van der Waals surface area contributed by atoms with E-state index in [2.05, 4.69) is 10.4 Å². The summed E-state index contributed by atoms with van der Waals surface area (Å²) < 4.78 is 1.91. The fraction of sp³-hybridized carbons (Fsp3) is 0.200. The van der Waals surface area contributed by atoms with Crippen molar-refractivity contribution in [1.82, 2.24) is 15.1 Å². The number of carbonyl (C=O) groups excluding carboxylic acids is 1. The van der Waals surface area contributed by atoms with Gasteiger partial charge in [0.15, 0.2) is 5.69 Å². The molecule has 0 unspecified atom stereocenters. The average molecular weight is 352 g/mol. The zero-order valence-electron chi connectivity index (χ0n) is 13.7. The zero-order valence-corrected chi connectivity index (χ0v) is 14.5. The number of benzene rings is 2. The maximum atomic E-state index is 12.7. The van der Waals surface area contributed by atoms with E-state index in [1.165, 1.54) is 0 Å². The summed E-state index contributed by atoms with van der Waals surface area (Å²) >= 11 is 6.00. The topological polar surface area (TPSA) is 46.9 Å². The summed E-state index contributed by atoms with van der Waals surface area (Å²) in [6, 6.07) is 17.5. The maximum absolute atomic E-state index is 12.7. The summed E-state index contributed by atoms with van der Waals surface area (Å²) in [4.78, 5) is 12.7. The van der Waals surface area contributed by atoms with Crippen molar-refractivity contribution in [1.29, 1.82) is 0 Å². The summed E-state index contributed by atoms with van der Waals surface area (Å²) in [6.07, 6.45) is 2.93. The van der Waals surface area contributed by atoms with Crippen molar-refractivity contribution >= 4 is 17.5 Å². The van der Waals surface area contributed by atoms with Crippen LogP contribution in [-0.2, 0) is 19.4 Å². The molecule has 0 bridgehead atoms. The minimum atomic E-state index is -0.132. The third-order valence-corrected chi connectivity index (χ3v) is 4.72. The highest BCUT2D eigenvalue weighted by atomic mass is 35.5. The van der Waals surface area contributed by atoms with Crippen LogP contribution in [0.3, 0.4) is 0 Å². The third-order valence-electron chi connectivity index (χ3n) is 4.49. The highest BCUT2D eigenvalue weighted by Crippen LogP contribution is 2.27. The Hall–Kier alpha value is -2.59. The second kappa shape index (κ2) is 6.73. The van der Waals surface area contributed by atoms with Crippen LogP contribution < -0.4 is 5.32 Å². The quantitative estimate of drug-likeness (QED) is 0.773. The van der Waals surface area contributed by atoms with Crippen LogP contribution in [0.15, 0.2) is 54.6 Å². The van der Waals surface area contributed by atoms with Crippen LogP contribution in [0, 0.1) is 0 Å². The highest BCUT2D eigenvalue weighted by molar-refractivity contribution is 6.30. The van der Waals surface area contributed by atoms with Gasteiger partial charge in [-0.1, -0.05) is 41.9 Å². The van der Waals surface area contributed by atoms with E-state index in [0.29, 0.717) is 17.3 Å². The van der Waals surface area contributed by atoms with Crippen molar-refractivity contribution in [2.24, 2.45) is 0 Å². The lowest BCUT2D eigenvalue weighted by Gasteiger charge is -2.06. The molecule has 126 valence electrons. The molecule has 0 atom stereocenters. The predicted molar refractivity (Wildman–Crippen MR) is 98.2 cm³/mol. The number of carbonyl (C=O) groups is 1. The molecule has 1 N–H and O–H groups in total. The summed E-state index contributed by atoms with van der Waals surface area (Å²) in [7, 11) is 0. The summed E-state index contributed by atoms with van der Waals surface area (Å²) in [6.45, 7) is 0.437. The van der Waals surface area contributed by atoms with Crippen molar-refractivity contribution in [2.75, 3.05) is 0 Å². The normalized spacial score (nSPS) is 12.8. The van der Waals surface area contributed by atoms with Gasteiger partial charge >= 0.3 is 0 Å². The molecular weight excluding hydrogens is 334 g/mol. The third kappa shape index (κ3) is 3.17. The lowest BCUT2D eigenvalue weighted by molar-refractivity contribution is 0.0944. The Bertz CT molecular complexity index is 918. The standard InChI is InChI=1S/C20H18ClN3O/c21-15-7-4-6-14(12-15)13-22-20(25)19-17-10-5-11-18(17)24(23-19)16-8-2-1-3-9-16/h1-4,6-9,12H,5,10-11,13H2,(H,22,25). The second-order valence-electron chi connectivity index (χ2n) is 6.19. The molecule has 0 radical (unpaired) electrons. The van der Waals surface area contributed by atoms with Crippen LogP contribution in [-0.4, -0.2) is 15.7 Å². The molecular formula is C20H18ClN3O. The van der Waals surface area contributed by atoms with Gasteiger partial charge in [0, 0.05) is 22.8 Å². The molecule has 2 aromatic carbocycles. The smallest absolute Gasteiger partial charge is 0.272 e. The van der Waals surface area contributed by atoms with Gasteiger partial charge in [-0.2, -0.15) is 5.10 Å². The number of aromatic nitrogens is 2. The number of fused-ring (bicyclic) bond motifs is 1. The number of hydrogen-bond donors (Lipinski definition) is 1. The first-order chi connectivity index (χ1) is 12.2. The van der Waals surface area contributed by atoms with Crippen LogP contribution in [0.2, 0.25) is 5.02 Å². The van der Waals surface area contributed by atoms with Crippen LogP contribution >= 0.6 is 11.6 Å². The molecule has 0 saturated heterocycles. The Morgan fingerprint density at radius 1 is 1.12 bits per heavy atom. The molecule has 1 aliphatic rings. The van der Waals surface area contributed by atoms with E-state index >= 15 is 0 Å². The Kier molecular flexibility index (Phi) is 4.28. The molecule has 5 heteroatoms. The molecule has 0 fully saturated rings. The van der Waals surface area contributed by atoms with Crippen LogP contribution in [0.25, 0.3) is 5.69 Å². The van der Waals surface area contributed by atoms with Gasteiger partial charge in [0.2, 0.25) is 0 Å². The minimum Gasteiger partial charge on any atom is -0.347 e. The first-order valence-electron chi connectivity index (χ1n) is 8.41. The van der Waals surface area contributed by atoms with Crippen LogP contribution in [0.1, 0.15) is 33.7 Å². The Morgan fingerprint density at radius 2 is 1.96 bits per heavy atom. The number of para-hydroxylation sites is 1. The molecule has 25 heavy (non-hydrogen) atoms. The fourth-order valence-electron chi connectivity index (χ4n) is 3.32. The molecule has 0 aliphatic heterocycles. The van der Waals surface area contributed by atoms with Gasteiger partial charge < -0.3 is 5.32 Å². The first-order valence-corrected chi connectivity index (χ1v) is 8.79. The van der Waals surface area contributed by atoms with Gasteiger partial charge in [0.05, 0.1) is 5.69 Å². The van der Waals surface area contributed by atoms with Gasteiger partial charge in [0.25, 0.3) is 5.91 Å². The van der Waals surface area contributed by atoms with Crippen molar-refractivity contribution < 1.29 is 4.79 Å². The molecule has 1 amide bonds. The highest BCUT2D eigenvalue weighted by Gasteiger charge is 2.26. The molecule has 1 aliphatic carbocycles. The SMILES string of the molecule is O=C(NCc1cccc(Cl)c1)c1nn(-c2ccccc2)c2c1CCC2. The lowest BCUT2D eigenvalue weighted by Crippen LogP contribution is -2.24.